The van der Waals surface area contributed by atoms with Gasteiger partial charge in [0.1, 0.15) is 5.75 Å². The zero-order valence-electron chi connectivity index (χ0n) is 12.8. The third-order valence-electron chi connectivity index (χ3n) is 4.38. The Hall–Kier alpha value is -1.26. The molecule has 1 aliphatic heterocycles. The molecule has 5 heteroatoms. The largest absolute Gasteiger partial charge is 0.490 e. The smallest absolute Gasteiger partial charge is 0.251 e. The van der Waals surface area contributed by atoms with E-state index >= 15 is 0 Å². The van der Waals surface area contributed by atoms with Crippen molar-refractivity contribution in [3.63, 3.8) is 0 Å². The van der Waals surface area contributed by atoms with Crippen molar-refractivity contribution < 1.29 is 9.53 Å². The second-order valence-electron chi connectivity index (χ2n) is 6.05. The fraction of sp³-hybridized carbons (Fsp3) is 0.588. The second-order valence-corrected chi connectivity index (χ2v) is 6.05. The highest BCUT2D eigenvalue weighted by atomic mass is 35.5. The summed E-state index contributed by atoms with van der Waals surface area (Å²) in [5.74, 6) is 0.832. The summed E-state index contributed by atoms with van der Waals surface area (Å²) in [5, 5.41) is 6.43. The van der Waals surface area contributed by atoms with E-state index in [4.69, 9.17) is 4.74 Å². The van der Waals surface area contributed by atoms with Crippen molar-refractivity contribution in [2.45, 2.75) is 50.7 Å². The topological polar surface area (TPSA) is 50.4 Å². The van der Waals surface area contributed by atoms with Gasteiger partial charge in [0.15, 0.2) is 0 Å². The summed E-state index contributed by atoms with van der Waals surface area (Å²) < 4.78 is 5.97. The summed E-state index contributed by atoms with van der Waals surface area (Å²) in [6.45, 7) is 1.96. The lowest BCUT2D eigenvalue weighted by Crippen LogP contribution is -2.42. The predicted octanol–water partition coefficient (Wildman–Crippen LogP) is 2.91. The molecule has 3 rings (SSSR count). The first-order valence-electron chi connectivity index (χ1n) is 8.09. The number of benzene rings is 1. The first-order valence-corrected chi connectivity index (χ1v) is 8.09. The van der Waals surface area contributed by atoms with Crippen molar-refractivity contribution >= 4 is 18.3 Å². The van der Waals surface area contributed by atoms with Crippen molar-refractivity contribution in [1.82, 2.24) is 10.6 Å². The van der Waals surface area contributed by atoms with Crippen LogP contribution in [-0.2, 0) is 0 Å². The molecular formula is C17H25ClN2O2. The molecule has 1 aromatic carbocycles. The molecule has 2 fully saturated rings. The molecule has 0 aromatic heterocycles. The van der Waals surface area contributed by atoms with Crippen LogP contribution < -0.4 is 15.4 Å². The van der Waals surface area contributed by atoms with Gasteiger partial charge in [0.25, 0.3) is 5.91 Å². The molecular weight excluding hydrogens is 300 g/mol. The van der Waals surface area contributed by atoms with E-state index in [1.165, 1.54) is 12.8 Å². The van der Waals surface area contributed by atoms with Crippen LogP contribution in [0.3, 0.4) is 0 Å². The van der Waals surface area contributed by atoms with Crippen LogP contribution in [0.5, 0.6) is 5.75 Å². The third-order valence-corrected chi connectivity index (χ3v) is 4.38. The Labute approximate surface area is 138 Å². The summed E-state index contributed by atoms with van der Waals surface area (Å²) >= 11 is 0. The van der Waals surface area contributed by atoms with Gasteiger partial charge in [-0.1, -0.05) is 6.07 Å². The first-order chi connectivity index (χ1) is 10.3. The van der Waals surface area contributed by atoms with Crippen molar-refractivity contribution in [3.8, 4) is 5.75 Å². The minimum absolute atomic E-state index is 0. The van der Waals surface area contributed by atoms with Crippen molar-refractivity contribution in [3.05, 3.63) is 29.8 Å². The molecule has 1 saturated heterocycles. The van der Waals surface area contributed by atoms with Gasteiger partial charge in [-0.05, 0) is 69.8 Å². The number of rotatable bonds is 4. The summed E-state index contributed by atoms with van der Waals surface area (Å²) in [6.07, 6.45) is 7.10. The number of ether oxygens (including phenoxy) is 1. The number of carbonyl (C=O) groups excluding carboxylic acids is 1. The zero-order valence-corrected chi connectivity index (χ0v) is 13.7. The van der Waals surface area contributed by atoms with E-state index in [0.717, 1.165) is 44.5 Å². The molecule has 1 heterocycles. The highest BCUT2D eigenvalue weighted by molar-refractivity contribution is 5.94. The summed E-state index contributed by atoms with van der Waals surface area (Å²) in [5.41, 5.74) is 0.698. The molecule has 0 unspecified atom stereocenters. The van der Waals surface area contributed by atoms with Gasteiger partial charge in [-0.15, -0.1) is 12.4 Å². The minimum atomic E-state index is 0. The van der Waals surface area contributed by atoms with Gasteiger partial charge in [0.05, 0.1) is 6.10 Å². The van der Waals surface area contributed by atoms with Gasteiger partial charge in [-0.3, -0.25) is 4.79 Å². The predicted molar refractivity (Wildman–Crippen MR) is 89.9 cm³/mol. The van der Waals surface area contributed by atoms with E-state index in [2.05, 4.69) is 10.6 Å². The molecule has 1 amide bonds. The molecule has 0 radical (unpaired) electrons. The Kier molecular flexibility index (Phi) is 6.52. The molecule has 122 valence electrons. The van der Waals surface area contributed by atoms with Crippen LogP contribution in [-0.4, -0.2) is 31.1 Å². The van der Waals surface area contributed by atoms with Crippen LogP contribution in [0.15, 0.2) is 24.3 Å². The molecule has 2 N–H and O–H groups in total. The lowest BCUT2D eigenvalue weighted by molar-refractivity contribution is 0.0928. The molecule has 1 aromatic rings. The van der Waals surface area contributed by atoms with Gasteiger partial charge >= 0.3 is 0 Å². The van der Waals surface area contributed by atoms with Crippen LogP contribution in [0.2, 0.25) is 0 Å². The van der Waals surface area contributed by atoms with Crippen molar-refractivity contribution in [2.24, 2.45) is 0 Å². The summed E-state index contributed by atoms with van der Waals surface area (Å²) in [7, 11) is 0. The van der Waals surface area contributed by atoms with Gasteiger partial charge in [0.2, 0.25) is 0 Å². The number of amides is 1. The fourth-order valence-electron chi connectivity index (χ4n) is 3.14. The average molecular weight is 325 g/mol. The molecule has 0 spiro atoms. The highest BCUT2D eigenvalue weighted by Crippen LogP contribution is 2.24. The van der Waals surface area contributed by atoms with Crippen molar-refractivity contribution in [1.29, 1.82) is 0 Å². The maximum absolute atomic E-state index is 12.3. The second kappa shape index (κ2) is 8.39. The SMILES string of the molecule is Cl.O=C(NC1CCNCC1)c1cccc(OC2CCCC2)c1. The van der Waals surface area contributed by atoms with Crippen LogP contribution in [0.4, 0.5) is 0 Å². The minimum Gasteiger partial charge on any atom is -0.490 e. The van der Waals surface area contributed by atoms with Gasteiger partial charge in [-0.25, -0.2) is 0 Å². The maximum atomic E-state index is 12.3. The van der Waals surface area contributed by atoms with E-state index in [9.17, 15) is 4.79 Å². The summed E-state index contributed by atoms with van der Waals surface area (Å²) in [4.78, 5) is 12.3. The molecule has 0 bridgehead atoms. The first kappa shape index (κ1) is 17.1. The average Bonchev–Trinajstić information content (AvgIpc) is 3.01. The van der Waals surface area contributed by atoms with Crippen LogP contribution in [0, 0.1) is 0 Å². The Morgan fingerprint density at radius 3 is 2.59 bits per heavy atom. The van der Waals surface area contributed by atoms with E-state index < -0.39 is 0 Å². The standard InChI is InChI=1S/C17H24N2O2.ClH/c20-17(19-14-8-10-18-11-9-14)13-4-3-7-16(12-13)21-15-5-1-2-6-15;/h3-4,7,12,14-15,18H,1-2,5-6,8-11H2,(H,19,20);1H. The Bertz CT molecular complexity index is 483. The Balaban J connectivity index is 0.00000176. The van der Waals surface area contributed by atoms with Gasteiger partial charge < -0.3 is 15.4 Å². The normalized spacial score (nSPS) is 19.5. The number of halogens is 1. The lowest BCUT2D eigenvalue weighted by Gasteiger charge is -2.23. The van der Waals surface area contributed by atoms with E-state index in [-0.39, 0.29) is 24.4 Å². The number of hydrogen-bond acceptors (Lipinski definition) is 3. The van der Waals surface area contributed by atoms with Gasteiger partial charge in [0, 0.05) is 11.6 Å². The fourth-order valence-corrected chi connectivity index (χ4v) is 3.14. The van der Waals surface area contributed by atoms with E-state index in [0.29, 0.717) is 11.7 Å². The van der Waals surface area contributed by atoms with Crippen LogP contribution in [0.25, 0.3) is 0 Å². The molecule has 1 saturated carbocycles. The van der Waals surface area contributed by atoms with Crippen LogP contribution >= 0.6 is 12.4 Å². The van der Waals surface area contributed by atoms with E-state index in [1.807, 2.05) is 24.3 Å². The summed E-state index contributed by atoms with van der Waals surface area (Å²) in [6, 6.07) is 7.87. The van der Waals surface area contributed by atoms with E-state index in [1.54, 1.807) is 0 Å². The molecule has 4 nitrogen and oxygen atoms in total. The number of carbonyl (C=O) groups is 1. The Morgan fingerprint density at radius 2 is 1.86 bits per heavy atom. The zero-order chi connectivity index (χ0) is 14.5. The molecule has 1 aliphatic carbocycles. The van der Waals surface area contributed by atoms with Crippen LogP contribution in [0.1, 0.15) is 48.9 Å². The molecule has 2 aliphatic rings. The van der Waals surface area contributed by atoms with Crippen molar-refractivity contribution in [2.75, 3.05) is 13.1 Å². The third kappa shape index (κ3) is 4.62. The molecule has 0 atom stereocenters. The monoisotopic (exact) mass is 324 g/mol. The van der Waals surface area contributed by atoms with Gasteiger partial charge in [-0.2, -0.15) is 0 Å². The quantitative estimate of drug-likeness (QED) is 0.895. The molecule has 22 heavy (non-hydrogen) atoms. The Morgan fingerprint density at radius 1 is 1.14 bits per heavy atom. The number of piperidine rings is 1. The lowest BCUT2D eigenvalue weighted by atomic mass is 10.1. The maximum Gasteiger partial charge on any atom is 0.251 e. The highest BCUT2D eigenvalue weighted by Gasteiger charge is 2.18. The number of hydrogen-bond donors (Lipinski definition) is 2. The number of nitrogens with one attached hydrogen (secondary N) is 2.